The van der Waals surface area contributed by atoms with E-state index in [1.54, 1.807) is 0 Å². The minimum atomic E-state index is -0.187. The molecule has 0 atom stereocenters. The third-order valence-corrected chi connectivity index (χ3v) is 4.23. The van der Waals surface area contributed by atoms with Crippen molar-refractivity contribution in [2.24, 2.45) is 0 Å². The summed E-state index contributed by atoms with van der Waals surface area (Å²) in [5, 5.41) is 2.84. The molecule has 120 valence electrons. The topological polar surface area (TPSA) is 65.8 Å². The third-order valence-electron chi connectivity index (χ3n) is 4.23. The number of hydrogen-bond acceptors (Lipinski definition) is 4. The molecule has 1 N–H and O–H groups in total. The molecule has 6 nitrogen and oxygen atoms in total. The maximum Gasteiger partial charge on any atom is 0.258 e. The molecule has 22 heavy (non-hydrogen) atoms. The van der Waals surface area contributed by atoms with E-state index in [1.165, 1.54) is 6.26 Å². The lowest BCUT2D eigenvalue weighted by Gasteiger charge is -2.24. The van der Waals surface area contributed by atoms with E-state index in [0.717, 1.165) is 25.8 Å². The minimum absolute atomic E-state index is 0.0774. The maximum absolute atomic E-state index is 12.9. The molecule has 1 fully saturated rings. The van der Waals surface area contributed by atoms with Crippen molar-refractivity contribution in [3.63, 3.8) is 0 Å². The number of hydrogen-bond donors (Lipinski definition) is 1. The molecule has 6 heteroatoms. The van der Waals surface area contributed by atoms with Crippen molar-refractivity contribution in [1.29, 1.82) is 0 Å². The first-order chi connectivity index (χ1) is 10.6. The molecular formula is C16H23N3O3. The normalized spacial score (nSPS) is 17.9. The van der Waals surface area contributed by atoms with Crippen LogP contribution in [0.15, 0.2) is 10.7 Å². The highest BCUT2D eigenvalue weighted by atomic mass is 16.3. The maximum atomic E-state index is 12.9. The molecule has 0 bridgehead atoms. The van der Waals surface area contributed by atoms with E-state index in [9.17, 15) is 9.59 Å². The van der Waals surface area contributed by atoms with Gasteiger partial charge in [-0.3, -0.25) is 9.59 Å². The van der Waals surface area contributed by atoms with E-state index in [2.05, 4.69) is 10.2 Å². The second-order valence-corrected chi connectivity index (χ2v) is 6.34. The number of carbonyl (C=O) groups is 2. The minimum Gasteiger partial charge on any atom is -0.468 e. The second-order valence-electron chi connectivity index (χ2n) is 6.34. The molecule has 0 aromatic carbocycles. The van der Waals surface area contributed by atoms with Crippen LogP contribution in [0, 0.1) is 0 Å². The average molecular weight is 305 g/mol. The number of nitrogens with one attached hydrogen (secondary N) is 1. The molecule has 0 unspecified atom stereocenters. The van der Waals surface area contributed by atoms with Crippen LogP contribution in [0.1, 0.15) is 45.7 Å². The van der Waals surface area contributed by atoms with Crippen molar-refractivity contribution in [3.8, 4) is 0 Å². The van der Waals surface area contributed by atoms with Crippen LogP contribution < -0.4 is 5.32 Å². The average Bonchev–Trinajstić information content (AvgIpc) is 3.24. The molecule has 0 saturated heterocycles. The van der Waals surface area contributed by atoms with Crippen LogP contribution in [0.4, 0.5) is 0 Å². The fourth-order valence-corrected chi connectivity index (χ4v) is 2.83. The summed E-state index contributed by atoms with van der Waals surface area (Å²) >= 11 is 0. The summed E-state index contributed by atoms with van der Waals surface area (Å²) in [6.07, 6.45) is 5.09. The Balaban J connectivity index is 1.84. The van der Waals surface area contributed by atoms with Gasteiger partial charge in [0.15, 0.2) is 0 Å². The second kappa shape index (κ2) is 6.12. The fraction of sp³-hybridized carbons (Fsp3) is 0.625. The van der Waals surface area contributed by atoms with Crippen molar-refractivity contribution >= 4 is 11.8 Å². The fourth-order valence-electron chi connectivity index (χ4n) is 2.83. The van der Waals surface area contributed by atoms with Crippen molar-refractivity contribution in [2.75, 3.05) is 33.7 Å². The number of furan rings is 1. The summed E-state index contributed by atoms with van der Waals surface area (Å²) in [5.41, 5.74) is 0.859. The highest BCUT2D eigenvalue weighted by Crippen LogP contribution is 2.30. The molecule has 0 spiro atoms. The van der Waals surface area contributed by atoms with Crippen molar-refractivity contribution in [3.05, 3.63) is 23.2 Å². The first-order valence-electron chi connectivity index (χ1n) is 7.92. The SMILES string of the molecule is CN(C)CCN(C(=O)c1coc2c1C(=O)NCCC2)C1CC1. The summed E-state index contributed by atoms with van der Waals surface area (Å²) in [4.78, 5) is 29.1. The summed E-state index contributed by atoms with van der Waals surface area (Å²) in [6.45, 7) is 2.12. The van der Waals surface area contributed by atoms with Crippen LogP contribution in [-0.4, -0.2) is 61.4 Å². The number of amides is 2. The van der Waals surface area contributed by atoms with Gasteiger partial charge in [-0.1, -0.05) is 0 Å². The molecular weight excluding hydrogens is 282 g/mol. The summed E-state index contributed by atoms with van der Waals surface area (Å²) in [5.74, 6) is 0.376. The van der Waals surface area contributed by atoms with Gasteiger partial charge in [0.2, 0.25) is 0 Å². The van der Waals surface area contributed by atoms with Gasteiger partial charge in [-0.05, 0) is 33.4 Å². The molecule has 0 radical (unpaired) electrons. The van der Waals surface area contributed by atoms with Gasteiger partial charge < -0.3 is 19.5 Å². The smallest absolute Gasteiger partial charge is 0.258 e. The highest BCUT2D eigenvalue weighted by Gasteiger charge is 2.36. The third kappa shape index (κ3) is 3.02. The van der Waals surface area contributed by atoms with Crippen molar-refractivity contribution in [2.45, 2.75) is 31.7 Å². The van der Waals surface area contributed by atoms with Crippen molar-refractivity contribution in [1.82, 2.24) is 15.1 Å². The molecule has 2 heterocycles. The quantitative estimate of drug-likeness (QED) is 0.885. The van der Waals surface area contributed by atoms with E-state index in [-0.39, 0.29) is 11.8 Å². The number of aryl methyl sites for hydroxylation is 1. The monoisotopic (exact) mass is 305 g/mol. The largest absolute Gasteiger partial charge is 0.468 e. The Morgan fingerprint density at radius 2 is 2.14 bits per heavy atom. The van der Waals surface area contributed by atoms with Gasteiger partial charge in [-0.15, -0.1) is 0 Å². The van der Waals surface area contributed by atoms with E-state index in [0.29, 0.717) is 42.4 Å². The summed E-state index contributed by atoms with van der Waals surface area (Å²) in [6, 6.07) is 0.312. The van der Waals surface area contributed by atoms with Gasteiger partial charge in [0.05, 0.1) is 11.1 Å². The van der Waals surface area contributed by atoms with E-state index < -0.39 is 0 Å². The van der Waals surface area contributed by atoms with E-state index in [4.69, 9.17) is 4.42 Å². The van der Waals surface area contributed by atoms with Crippen LogP contribution in [0.25, 0.3) is 0 Å². The Hall–Kier alpha value is -1.82. The van der Waals surface area contributed by atoms with Gasteiger partial charge in [0.1, 0.15) is 12.0 Å². The lowest BCUT2D eigenvalue weighted by Crippen LogP contribution is -2.39. The van der Waals surface area contributed by atoms with Crippen LogP contribution in [-0.2, 0) is 6.42 Å². The first kappa shape index (κ1) is 15.1. The molecule has 1 aliphatic heterocycles. The van der Waals surface area contributed by atoms with Gasteiger partial charge in [0, 0.05) is 32.1 Å². The van der Waals surface area contributed by atoms with E-state index >= 15 is 0 Å². The Bertz CT molecular complexity index is 575. The zero-order valence-corrected chi connectivity index (χ0v) is 13.2. The Morgan fingerprint density at radius 3 is 2.82 bits per heavy atom. The first-order valence-corrected chi connectivity index (χ1v) is 7.92. The lowest BCUT2D eigenvalue weighted by atomic mass is 10.1. The number of fused-ring (bicyclic) bond motifs is 1. The standard InChI is InChI=1S/C16H23N3O3/c1-18(2)8-9-19(11-5-6-11)16(21)12-10-22-13-4-3-7-17-15(20)14(12)13/h10-11H,3-9H2,1-2H3,(H,17,20). The number of carbonyl (C=O) groups excluding carboxylic acids is 2. The van der Waals surface area contributed by atoms with Crippen molar-refractivity contribution < 1.29 is 14.0 Å². The summed E-state index contributed by atoms with van der Waals surface area (Å²) < 4.78 is 5.52. The predicted molar refractivity (Wildman–Crippen MR) is 82.0 cm³/mol. The highest BCUT2D eigenvalue weighted by molar-refractivity contribution is 6.08. The van der Waals surface area contributed by atoms with Crippen LogP contribution in [0.3, 0.4) is 0 Å². The molecule has 3 rings (SSSR count). The molecule has 1 aromatic heterocycles. The van der Waals surface area contributed by atoms with E-state index in [1.807, 2.05) is 19.0 Å². The Labute approximate surface area is 130 Å². The Kier molecular flexibility index (Phi) is 4.20. The number of likely N-dealkylation sites (N-methyl/N-ethyl adjacent to an activating group) is 1. The summed E-state index contributed by atoms with van der Waals surface area (Å²) in [7, 11) is 3.99. The Morgan fingerprint density at radius 1 is 1.36 bits per heavy atom. The van der Waals surface area contributed by atoms with Crippen LogP contribution in [0.2, 0.25) is 0 Å². The lowest BCUT2D eigenvalue weighted by molar-refractivity contribution is 0.0726. The predicted octanol–water partition coefficient (Wildman–Crippen LogP) is 1.12. The molecule has 1 saturated carbocycles. The van der Waals surface area contributed by atoms with Gasteiger partial charge in [-0.2, -0.15) is 0 Å². The zero-order valence-electron chi connectivity index (χ0n) is 13.2. The van der Waals surface area contributed by atoms with Crippen LogP contribution in [0.5, 0.6) is 0 Å². The number of rotatable bonds is 5. The van der Waals surface area contributed by atoms with Gasteiger partial charge >= 0.3 is 0 Å². The molecule has 1 aromatic rings. The van der Waals surface area contributed by atoms with Gasteiger partial charge in [0.25, 0.3) is 11.8 Å². The van der Waals surface area contributed by atoms with Crippen LogP contribution >= 0.6 is 0 Å². The molecule has 2 aliphatic rings. The molecule has 2 amide bonds. The van der Waals surface area contributed by atoms with Gasteiger partial charge in [-0.25, -0.2) is 0 Å². The zero-order chi connectivity index (χ0) is 15.7. The number of nitrogens with zero attached hydrogens (tertiary/aromatic N) is 2. The molecule has 1 aliphatic carbocycles.